The van der Waals surface area contributed by atoms with Gasteiger partial charge in [0, 0.05) is 21.8 Å². The number of aromatic nitrogens is 1. The van der Waals surface area contributed by atoms with Crippen molar-refractivity contribution >= 4 is 32.8 Å². The molecule has 2 aromatic carbocycles. The van der Waals surface area contributed by atoms with E-state index in [1.807, 2.05) is 39.0 Å². The molecule has 0 amide bonds. The van der Waals surface area contributed by atoms with Crippen molar-refractivity contribution in [1.29, 1.82) is 0 Å². The Bertz CT molecular complexity index is 1010. The van der Waals surface area contributed by atoms with Crippen molar-refractivity contribution in [2.24, 2.45) is 0 Å². The summed E-state index contributed by atoms with van der Waals surface area (Å²) in [6.07, 6.45) is 2.77. The van der Waals surface area contributed by atoms with Gasteiger partial charge in [-0.05, 0) is 94.1 Å². The minimum absolute atomic E-state index is 0.170. The summed E-state index contributed by atoms with van der Waals surface area (Å²) in [7, 11) is 0. The molecule has 3 nitrogen and oxygen atoms in total. The number of ether oxygens (including phenoxy) is 1. The second-order valence-corrected chi connectivity index (χ2v) is 9.05. The third kappa shape index (κ3) is 6.10. The fraction of sp³-hybridized carbons (Fsp3) is 0.333. The number of fused-ring (bicyclic) bond motifs is 1. The van der Waals surface area contributed by atoms with Gasteiger partial charge in [-0.3, -0.25) is 4.79 Å². The lowest BCUT2D eigenvalue weighted by Gasteiger charge is -2.19. The number of benzene rings is 2. The Labute approximate surface area is 179 Å². The van der Waals surface area contributed by atoms with E-state index < -0.39 is 5.60 Å². The maximum atomic E-state index is 13.4. The summed E-state index contributed by atoms with van der Waals surface area (Å²) in [6, 6.07) is 14.5. The summed E-state index contributed by atoms with van der Waals surface area (Å²) in [5.74, 6) is -0.436. The second kappa shape index (κ2) is 9.04. The number of carbonyl (C=O) groups excluding carboxylic acids is 1. The maximum Gasteiger partial charge on any atom is 0.306 e. The molecule has 1 heterocycles. The molecule has 5 heteroatoms. The van der Waals surface area contributed by atoms with Gasteiger partial charge >= 0.3 is 5.97 Å². The van der Waals surface area contributed by atoms with Crippen molar-refractivity contribution in [2.45, 2.75) is 52.1 Å². The van der Waals surface area contributed by atoms with E-state index >= 15 is 0 Å². The molecule has 0 atom stereocenters. The fourth-order valence-corrected chi connectivity index (χ4v) is 3.60. The number of carbonyl (C=O) groups is 1. The molecular formula is C24H25BrFNO2. The molecule has 0 aliphatic heterocycles. The fourth-order valence-electron chi connectivity index (χ4n) is 3.22. The summed E-state index contributed by atoms with van der Waals surface area (Å²) in [5.41, 5.74) is 3.27. The van der Waals surface area contributed by atoms with Gasteiger partial charge in [-0.15, -0.1) is 0 Å². The second-order valence-electron chi connectivity index (χ2n) is 8.13. The molecule has 0 saturated carbocycles. The van der Waals surface area contributed by atoms with Crippen LogP contribution in [0.25, 0.3) is 22.2 Å². The highest BCUT2D eigenvalue weighted by molar-refractivity contribution is 9.10. The normalized spacial score (nSPS) is 11.6. The van der Waals surface area contributed by atoms with E-state index in [0.717, 1.165) is 51.5 Å². The number of hydrogen-bond acceptors (Lipinski definition) is 3. The van der Waals surface area contributed by atoms with Crippen LogP contribution in [0, 0.1) is 5.82 Å². The summed E-state index contributed by atoms with van der Waals surface area (Å²) >= 11 is 3.51. The van der Waals surface area contributed by atoms with E-state index in [1.54, 1.807) is 12.1 Å². The van der Waals surface area contributed by atoms with Crippen molar-refractivity contribution < 1.29 is 13.9 Å². The molecular weight excluding hydrogens is 433 g/mol. The van der Waals surface area contributed by atoms with Gasteiger partial charge in [-0.2, -0.15) is 0 Å². The number of esters is 1. The topological polar surface area (TPSA) is 39.2 Å². The van der Waals surface area contributed by atoms with E-state index in [2.05, 4.69) is 22.0 Å². The molecule has 0 N–H and O–H groups in total. The van der Waals surface area contributed by atoms with Gasteiger partial charge in [0.15, 0.2) is 0 Å². The van der Waals surface area contributed by atoms with Gasteiger partial charge in [0.05, 0.1) is 11.2 Å². The molecule has 3 aromatic rings. The Balaban J connectivity index is 1.80. The molecule has 0 unspecified atom stereocenters. The molecule has 0 saturated heterocycles. The first kappa shape index (κ1) is 21.4. The van der Waals surface area contributed by atoms with E-state index in [4.69, 9.17) is 9.72 Å². The number of unbranched alkanes of at least 4 members (excludes halogenated alkanes) is 1. The predicted octanol–water partition coefficient (Wildman–Crippen LogP) is 6.86. The third-order valence-corrected chi connectivity index (χ3v) is 4.96. The van der Waals surface area contributed by atoms with Crippen molar-refractivity contribution in [1.82, 2.24) is 4.98 Å². The summed E-state index contributed by atoms with van der Waals surface area (Å²) in [4.78, 5) is 16.8. The highest BCUT2D eigenvalue weighted by Gasteiger charge is 2.16. The number of rotatable bonds is 6. The van der Waals surface area contributed by atoms with Crippen LogP contribution in [0.3, 0.4) is 0 Å². The number of nitrogens with zero attached hydrogens (tertiary/aromatic N) is 1. The first-order valence-corrected chi connectivity index (χ1v) is 10.6. The van der Waals surface area contributed by atoms with Crippen LogP contribution in [0.15, 0.2) is 53.0 Å². The van der Waals surface area contributed by atoms with E-state index in [0.29, 0.717) is 6.42 Å². The highest BCUT2D eigenvalue weighted by Crippen LogP contribution is 2.29. The van der Waals surface area contributed by atoms with Gasteiger partial charge in [-0.1, -0.05) is 15.9 Å². The molecule has 0 spiro atoms. The molecule has 0 bridgehead atoms. The lowest BCUT2D eigenvalue weighted by molar-refractivity contribution is -0.154. The number of aryl methyl sites for hydroxylation is 1. The molecule has 0 radical (unpaired) electrons. The van der Waals surface area contributed by atoms with Gasteiger partial charge in [0.1, 0.15) is 11.4 Å². The molecule has 0 aliphatic carbocycles. The third-order valence-electron chi connectivity index (χ3n) is 4.47. The molecule has 152 valence electrons. The van der Waals surface area contributed by atoms with Gasteiger partial charge in [0.2, 0.25) is 0 Å². The zero-order valence-electron chi connectivity index (χ0n) is 17.0. The minimum atomic E-state index is -0.456. The summed E-state index contributed by atoms with van der Waals surface area (Å²) in [6.45, 7) is 5.62. The van der Waals surface area contributed by atoms with Crippen molar-refractivity contribution in [2.75, 3.05) is 0 Å². The lowest BCUT2D eigenvalue weighted by Crippen LogP contribution is -2.23. The first-order chi connectivity index (χ1) is 13.7. The molecule has 0 aliphatic rings. The Morgan fingerprint density at radius 2 is 1.79 bits per heavy atom. The van der Waals surface area contributed by atoms with Crippen molar-refractivity contribution in [3.8, 4) is 11.3 Å². The molecule has 29 heavy (non-hydrogen) atoms. The molecule has 3 rings (SSSR count). The first-order valence-electron chi connectivity index (χ1n) is 9.78. The Hall–Kier alpha value is -2.27. The minimum Gasteiger partial charge on any atom is -0.460 e. The Kier molecular flexibility index (Phi) is 6.68. The number of pyridine rings is 1. The van der Waals surface area contributed by atoms with Crippen LogP contribution in [-0.4, -0.2) is 16.6 Å². The van der Waals surface area contributed by atoms with Crippen LogP contribution in [0.4, 0.5) is 4.39 Å². The average Bonchev–Trinajstić information content (AvgIpc) is 2.64. The number of hydrogen-bond donors (Lipinski definition) is 0. The Morgan fingerprint density at radius 3 is 2.48 bits per heavy atom. The molecule has 0 fully saturated rings. The quantitative estimate of drug-likeness (QED) is 0.299. The highest BCUT2D eigenvalue weighted by atomic mass is 79.9. The van der Waals surface area contributed by atoms with Crippen LogP contribution in [0.2, 0.25) is 0 Å². The van der Waals surface area contributed by atoms with Crippen LogP contribution in [0.1, 0.15) is 45.6 Å². The predicted molar refractivity (Wildman–Crippen MR) is 118 cm³/mol. The smallest absolute Gasteiger partial charge is 0.306 e. The summed E-state index contributed by atoms with van der Waals surface area (Å²) < 4.78 is 19.7. The molecule has 1 aromatic heterocycles. The van der Waals surface area contributed by atoms with Crippen LogP contribution < -0.4 is 0 Å². The zero-order chi connectivity index (χ0) is 21.0. The van der Waals surface area contributed by atoms with Crippen LogP contribution >= 0.6 is 15.9 Å². The van der Waals surface area contributed by atoms with Crippen LogP contribution in [-0.2, 0) is 16.0 Å². The van der Waals surface area contributed by atoms with Gasteiger partial charge in [0.25, 0.3) is 0 Å². The van der Waals surface area contributed by atoms with E-state index in [1.165, 1.54) is 12.1 Å². The Morgan fingerprint density at radius 1 is 1.07 bits per heavy atom. The summed E-state index contributed by atoms with van der Waals surface area (Å²) in [5, 5.41) is 1.05. The SMILES string of the molecule is CC(C)(C)OC(=O)CCCCc1cc2cc(Br)ccc2nc1-c1ccc(F)cc1. The standard InChI is InChI=1S/C24H25BrFNO2/c1-24(2,3)29-22(28)7-5-4-6-17-14-18-15-19(25)10-13-21(18)27-23(17)16-8-11-20(26)12-9-16/h8-15H,4-7H2,1-3H3. The van der Waals surface area contributed by atoms with E-state index in [-0.39, 0.29) is 11.8 Å². The maximum absolute atomic E-state index is 13.4. The van der Waals surface area contributed by atoms with Crippen LogP contribution in [0.5, 0.6) is 0 Å². The lowest BCUT2D eigenvalue weighted by atomic mass is 9.98. The van der Waals surface area contributed by atoms with E-state index in [9.17, 15) is 9.18 Å². The monoisotopic (exact) mass is 457 g/mol. The van der Waals surface area contributed by atoms with Gasteiger partial charge < -0.3 is 4.74 Å². The zero-order valence-corrected chi connectivity index (χ0v) is 18.6. The largest absolute Gasteiger partial charge is 0.460 e. The van der Waals surface area contributed by atoms with Crippen molar-refractivity contribution in [3.05, 3.63) is 64.4 Å². The van der Waals surface area contributed by atoms with Crippen molar-refractivity contribution in [3.63, 3.8) is 0 Å². The average molecular weight is 458 g/mol. The van der Waals surface area contributed by atoms with Gasteiger partial charge in [-0.25, -0.2) is 9.37 Å². The number of halogens is 2.